The van der Waals surface area contributed by atoms with Crippen LogP contribution < -0.4 is 0 Å². The number of rotatable bonds is 3. The summed E-state index contributed by atoms with van der Waals surface area (Å²) in [5.74, 6) is 0.0236. The fourth-order valence-corrected chi connectivity index (χ4v) is 3.70. The largest absolute Gasteiger partial charge is 0.391 e. The van der Waals surface area contributed by atoms with E-state index in [1.165, 1.54) is 0 Å². The number of aliphatic hydroxyl groups is 1. The van der Waals surface area contributed by atoms with Crippen molar-refractivity contribution in [2.45, 2.75) is 39.3 Å². The maximum atomic E-state index is 12.6. The Hall–Kier alpha value is -2.14. The number of β-amino-alcohol motifs (C(OH)–C–C–N with tert-alkyl or cyclic N) is 1. The van der Waals surface area contributed by atoms with E-state index in [9.17, 15) is 9.90 Å². The molecule has 2 heterocycles. The highest BCUT2D eigenvalue weighted by Gasteiger charge is 2.55. The molecule has 1 unspecified atom stereocenters. The molecule has 1 aliphatic carbocycles. The van der Waals surface area contributed by atoms with Crippen molar-refractivity contribution in [2.75, 3.05) is 13.1 Å². The van der Waals surface area contributed by atoms with Gasteiger partial charge in [0, 0.05) is 29.8 Å². The van der Waals surface area contributed by atoms with Gasteiger partial charge >= 0.3 is 0 Å². The summed E-state index contributed by atoms with van der Waals surface area (Å²) in [7, 11) is 0. The minimum atomic E-state index is -0.355. The Labute approximate surface area is 141 Å². The maximum Gasteiger partial charge on any atom is 0.253 e. The van der Waals surface area contributed by atoms with Crippen molar-refractivity contribution < 1.29 is 9.90 Å². The summed E-state index contributed by atoms with van der Waals surface area (Å²) in [4.78, 5) is 14.4. The van der Waals surface area contributed by atoms with Gasteiger partial charge in [0.2, 0.25) is 0 Å². The predicted molar refractivity (Wildman–Crippen MR) is 90.8 cm³/mol. The fraction of sp³-hybridized carbons (Fsp3) is 0.474. The highest BCUT2D eigenvalue weighted by Crippen LogP contribution is 2.52. The van der Waals surface area contributed by atoms with Gasteiger partial charge in [0.15, 0.2) is 0 Å². The van der Waals surface area contributed by atoms with E-state index in [0.717, 1.165) is 29.8 Å². The van der Waals surface area contributed by atoms with Crippen molar-refractivity contribution in [1.82, 2.24) is 14.7 Å². The SMILES string of the molecule is Cc1cc(C)n(Cc2ccc(C(=O)N3CC(O)C4(CC4)C3)cc2)n1. The van der Waals surface area contributed by atoms with Crippen LogP contribution in [0.5, 0.6) is 0 Å². The molecule has 24 heavy (non-hydrogen) atoms. The quantitative estimate of drug-likeness (QED) is 0.941. The minimum absolute atomic E-state index is 0.00504. The van der Waals surface area contributed by atoms with Gasteiger partial charge in [0.25, 0.3) is 5.91 Å². The molecule has 1 N–H and O–H groups in total. The van der Waals surface area contributed by atoms with Gasteiger partial charge in [-0.1, -0.05) is 12.1 Å². The van der Waals surface area contributed by atoms with Crippen molar-refractivity contribution in [1.29, 1.82) is 0 Å². The number of likely N-dealkylation sites (tertiary alicyclic amines) is 1. The number of aliphatic hydroxyl groups excluding tert-OH is 1. The van der Waals surface area contributed by atoms with Crippen molar-refractivity contribution >= 4 is 5.91 Å². The van der Waals surface area contributed by atoms with E-state index in [4.69, 9.17) is 0 Å². The summed E-state index contributed by atoms with van der Waals surface area (Å²) < 4.78 is 1.97. The Kier molecular flexibility index (Phi) is 3.49. The Morgan fingerprint density at radius 1 is 1.29 bits per heavy atom. The van der Waals surface area contributed by atoms with E-state index < -0.39 is 0 Å². The van der Waals surface area contributed by atoms with Crippen LogP contribution in [0.2, 0.25) is 0 Å². The van der Waals surface area contributed by atoms with Crippen LogP contribution in [0, 0.1) is 19.3 Å². The first-order valence-corrected chi connectivity index (χ1v) is 8.54. The third kappa shape index (κ3) is 2.63. The van der Waals surface area contributed by atoms with Crippen LogP contribution in [0.15, 0.2) is 30.3 Å². The maximum absolute atomic E-state index is 12.6. The molecule has 0 bridgehead atoms. The van der Waals surface area contributed by atoms with E-state index in [-0.39, 0.29) is 17.4 Å². The van der Waals surface area contributed by atoms with Crippen molar-refractivity contribution in [3.05, 3.63) is 52.8 Å². The summed E-state index contributed by atoms with van der Waals surface area (Å²) >= 11 is 0. The number of aromatic nitrogens is 2. The fourth-order valence-electron chi connectivity index (χ4n) is 3.70. The molecule has 5 nitrogen and oxygen atoms in total. The summed E-state index contributed by atoms with van der Waals surface area (Å²) in [5, 5.41) is 14.6. The summed E-state index contributed by atoms with van der Waals surface area (Å²) in [6.45, 7) is 5.90. The van der Waals surface area contributed by atoms with Gasteiger partial charge in [-0.15, -0.1) is 0 Å². The van der Waals surface area contributed by atoms with Gasteiger partial charge in [-0.2, -0.15) is 5.10 Å². The number of amides is 1. The number of benzene rings is 1. The molecule has 1 aromatic heterocycles. The Bertz CT molecular complexity index is 774. The number of carbonyl (C=O) groups excluding carboxylic acids is 1. The van der Waals surface area contributed by atoms with Crippen LogP contribution in [0.4, 0.5) is 0 Å². The first-order valence-electron chi connectivity index (χ1n) is 8.54. The average molecular weight is 325 g/mol. The molecule has 0 radical (unpaired) electrons. The molecule has 1 saturated carbocycles. The lowest BCUT2D eigenvalue weighted by molar-refractivity contribution is 0.0764. The minimum Gasteiger partial charge on any atom is -0.391 e. The topological polar surface area (TPSA) is 58.4 Å². The van der Waals surface area contributed by atoms with E-state index >= 15 is 0 Å². The molecule has 1 aromatic carbocycles. The molecule has 4 rings (SSSR count). The van der Waals surface area contributed by atoms with Crippen LogP contribution in [-0.2, 0) is 6.54 Å². The molecule has 5 heteroatoms. The summed E-state index contributed by atoms with van der Waals surface area (Å²) in [5.41, 5.74) is 3.97. The van der Waals surface area contributed by atoms with Crippen LogP contribution in [0.3, 0.4) is 0 Å². The zero-order valence-corrected chi connectivity index (χ0v) is 14.2. The van der Waals surface area contributed by atoms with Crippen LogP contribution in [0.1, 0.15) is 40.2 Å². The lowest BCUT2D eigenvalue weighted by Crippen LogP contribution is -2.29. The van der Waals surface area contributed by atoms with E-state index in [0.29, 0.717) is 25.2 Å². The van der Waals surface area contributed by atoms with Gasteiger partial charge in [-0.3, -0.25) is 9.48 Å². The standard InChI is InChI=1S/C19H23N3O2/c1-13-9-14(2)22(20-13)10-15-3-5-16(6-4-15)18(24)21-11-17(23)19(12-21)7-8-19/h3-6,9,17,23H,7-8,10-12H2,1-2H3. The second-order valence-electron chi connectivity index (χ2n) is 7.35. The summed E-state index contributed by atoms with van der Waals surface area (Å²) in [6, 6.07) is 9.80. The Balaban J connectivity index is 1.46. The van der Waals surface area contributed by atoms with Crippen molar-refractivity contribution in [2.24, 2.45) is 5.41 Å². The Morgan fingerprint density at radius 3 is 2.54 bits per heavy atom. The number of carbonyl (C=O) groups is 1. The molecule has 126 valence electrons. The molecular weight excluding hydrogens is 302 g/mol. The van der Waals surface area contributed by atoms with E-state index in [1.54, 1.807) is 4.90 Å². The van der Waals surface area contributed by atoms with E-state index in [1.807, 2.05) is 42.8 Å². The second-order valence-corrected chi connectivity index (χ2v) is 7.35. The zero-order chi connectivity index (χ0) is 16.9. The summed E-state index contributed by atoms with van der Waals surface area (Å²) in [6.07, 6.45) is 1.73. The first kappa shape index (κ1) is 15.4. The highest BCUT2D eigenvalue weighted by molar-refractivity contribution is 5.94. The lowest BCUT2D eigenvalue weighted by atomic mass is 10.0. The highest BCUT2D eigenvalue weighted by atomic mass is 16.3. The van der Waals surface area contributed by atoms with Gasteiger partial charge in [0.1, 0.15) is 0 Å². The molecule has 1 atom stereocenters. The predicted octanol–water partition coefficient (Wildman–Crippen LogP) is 2.15. The monoisotopic (exact) mass is 325 g/mol. The third-order valence-corrected chi connectivity index (χ3v) is 5.42. The van der Waals surface area contributed by atoms with Gasteiger partial charge in [0.05, 0.1) is 18.3 Å². The molecule has 1 amide bonds. The number of aryl methyl sites for hydroxylation is 2. The average Bonchev–Trinajstić information content (AvgIpc) is 3.17. The van der Waals surface area contributed by atoms with Crippen LogP contribution in [-0.4, -0.2) is 44.9 Å². The smallest absolute Gasteiger partial charge is 0.253 e. The van der Waals surface area contributed by atoms with Crippen LogP contribution >= 0.6 is 0 Å². The van der Waals surface area contributed by atoms with Crippen molar-refractivity contribution in [3.8, 4) is 0 Å². The first-order chi connectivity index (χ1) is 11.5. The normalized spacial score (nSPS) is 21.5. The molecule has 1 aliphatic heterocycles. The molecule has 1 spiro atoms. The van der Waals surface area contributed by atoms with Gasteiger partial charge in [-0.05, 0) is 50.5 Å². The number of hydrogen-bond acceptors (Lipinski definition) is 3. The Morgan fingerprint density at radius 2 is 2.00 bits per heavy atom. The molecule has 2 aliphatic rings. The van der Waals surface area contributed by atoms with Gasteiger partial charge < -0.3 is 10.0 Å². The molecular formula is C19H23N3O2. The number of nitrogens with zero attached hydrogens (tertiary/aromatic N) is 3. The second kappa shape index (κ2) is 5.45. The van der Waals surface area contributed by atoms with E-state index in [2.05, 4.69) is 11.2 Å². The molecule has 1 saturated heterocycles. The third-order valence-electron chi connectivity index (χ3n) is 5.42. The van der Waals surface area contributed by atoms with Crippen molar-refractivity contribution in [3.63, 3.8) is 0 Å². The molecule has 2 aromatic rings. The van der Waals surface area contributed by atoms with Gasteiger partial charge in [-0.25, -0.2) is 0 Å². The lowest BCUT2D eigenvalue weighted by Gasteiger charge is -2.16. The molecule has 2 fully saturated rings. The number of hydrogen-bond donors (Lipinski definition) is 1. The van der Waals surface area contributed by atoms with Crippen LogP contribution in [0.25, 0.3) is 0 Å². The zero-order valence-electron chi connectivity index (χ0n) is 14.2.